The van der Waals surface area contributed by atoms with E-state index in [0.717, 1.165) is 9.75 Å². The molecule has 21 heavy (non-hydrogen) atoms. The van der Waals surface area contributed by atoms with Crippen molar-refractivity contribution in [1.82, 2.24) is 5.32 Å². The van der Waals surface area contributed by atoms with Gasteiger partial charge in [0.15, 0.2) is 5.78 Å². The lowest BCUT2D eigenvalue weighted by molar-refractivity contribution is 0.0953. The van der Waals surface area contributed by atoms with E-state index < -0.39 is 0 Å². The van der Waals surface area contributed by atoms with Gasteiger partial charge in [0.2, 0.25) is 0 Å². The number of Topliss-reactive ketones (excluding diaryl/α,β-unsaturated/α-hetero) is 1. The van der Waals surface area contributed by atoms with Crippen molar-refractivity contribution < 1.29 is 9.59 Å². The van der Waals surface area contributed by atoms with Gasteiger partial charge in [-0.3, -0.25) is 9.59 Å². The second-order valence-electron chi connectivity index (χ2n) is 4.45. The maximum absolute atomic E-state index is 12.0. The third kappa shape index (κ3) is 4.30. The molecule has 1 heterocycles. The van der Waals surface area contributed by atoms with Crippen LogP contribution in [0.15, 0.2) is 30.3 Å². The van der Waals surface area contributed by atoms with Crippen molar-refractivity contribution in [3.63, 3.8) is 0 Å². The minimum absolute atomic E-state index is 0.0585. The van der Waals surface area contributed by atoms with Crippen molar-refractivity contribution in [2.45, 2.75) is 13.3 Å². The minimum Gasteiger partial charge on any atom is -0.352 e. The molecule has 0 bridgehead atoms. The van der Waals surface area contributed by atoms with Gasteiger partial charge in [-0.15, -0.1) is 11.3 Å². The number of nitrogens with one attached hydrogen (secondary N) is 1. The Morgan fingerprint density at radius 1 is 1.19 bits per heavy atom. The summed E-state index contributed by atoms with van der Waals surface area (Å²) in [5.74, 6) is -0.178. The van der Waals surface area contributed by atoms with Gasteiger partial charge in [0, 0.05) is 16.4 Å². The van der Waals surface area contributed by atoms with Crippen LogP contribution in [0.4, 0.5) is 0 Å². The lowest BCUT2D eigenvalue weighted by atomic mass is 10.2. The lowest BCUT2D eigenvalue weighted by Crippen LogP contribution is -2.25. The number of thiophene rings is 1. The van der Waals surface area contributed by atoms with Crippen LogP contribution < -0.4 is 5.32 Å². The van der Waals surface area contributed by atoms with E-state index in [-0.39, 0.29) is 11.7 Å². The van der Waals surface area contributed by atoms with Crippen LogP contribution in [-0.4, -0.2) is 18.2 Å². The van der Waals surface area contributed by atoms with Crippen molar-refractivity contribution in [1.29, 1.82) is 0 Å². The van der Waals surface area contributed by atoms with Gasteiger partial charge in [-0.25, -0.2) is 0 Å². The van der Waals surface area contributed by atoms with Crippen LogP contribution in [0.5, 0.6) is 0 Å². The van der Waals surface area contributed by atoms with Crippen molar-refractivity contribution in [2.75, 3.05) is 6.54 Å². The molecule has 0 aliphatic heterocycles. The van der Waals surface area contributed by atoms with Crippen LogP contribution in [0.2, 0.25) is 10.0 Å². The molecule has 1 aromatic carbocycles. The van der Waals surface area contributed by atoms with E-state index in [1.54, 1.807) is 25.1 Å². The zero-order valence-electron chi connectivity index (χ0n) is 11.3. The van der Waals surface area contributed by atoms with Gasteiger partial charge < -0.3 is 5.32 Å². The Balaban J connectivity index is 1.90. The van der Waals surface area contributed by atoms with E-state index in [0.29, 0.717) is 28.6 Å². The van der Waals surface area contributed by atoms with E-state index in [4.69, 9.17) is 23.2 Å². The van der Waals surface area contributed by atoms with Gasteiger partial charge in [-0.05, 0) is 43.7 Å². The van der Waals surface area contributed by atoms with E-state index in [2.05, 4.69) is 5.32 Å². The Kier molecular flexibility index (Phi) is 5.39. The first kappa shape index (κ1) is 16.0. The highest BCUT2D eigenvalue weighted by atomic mass is 35.5. The Morgan fingerprint density at radius 2 is 1.95 bits per heavy atom. The molecule has 0 fully saturated rings. The maximum Gasteiger partial charge on any atom is 0.252 e. The first-order chi connectivity index (χ1) is 9.97. The molecule has 0 aliphatic carbocycles. The Hall–Kier alpha value is -1.36. The number of carbonyl (C=O) groups excluding carboxylic acids is 2. The molecular weight excluding hydrogens is 329 g/mol. The molecule has 110 valence electrons. The standard InChI is InChI=1S/C15H13Cl2NO2S/c1-9(19)14-5-3-11(21-14)6-7-18-15(20)12-4-2-10(16)8-13(12)17/h2-5,8H,6-7H2,1H3,(H,18,20). The number of benzene rings is 1. The van der Waals surface area contributed by atoms with Crippen molar-refractivity contribution in [3.8, 4) is 0 Å². The number of hydrogen-bond acceptors (Lipinski definition) is 3. The molecule has 0 saturated heterocycles. The van der Waals surface area contributed by atoms with E-state index >= 15 is 0 Å². The van der Waals surface area contributed by atoms with Crippen LogP contribution in [0, 0.1) is 0 Å². The third-order valence-electron chi connectivity index (χ3n) is 2.84. The maximum atomic E-state index is 12.0. The number of hydrogen-bond donors (Lipinski definition) is 1. The van der Waals surface area contributed by atoms with Crippen LogP contribution in [0.3, 0.4) is 0 Å². The van der Waals surface area contributed by atoms with Crippen molar-refractivity contribution in [2.24, 2.45) is 0 Å². The molecule has 3 nitrogen and oxygen atoms in total. The molecular formula is C15H13Cl2NO2S. The number of amides is 1. The van der Waals surface area contributed by atoms with Gasteiger partial charge >= 0.3 is 0 Å². The average Bonchev–Trinajstić information content (AvgIpc) is 2.87. The lowest BCUT2D eigenvalue weighted by Gasteiger charge is -2.06. The van der Waals surface area contributed by atoms with Crippen molar-refractivity contribution in [3.05, 3.63) is 55.7 Å². The second-order valence-corrected chi connectivity index (χ2v) is 6.46. The van der Waals surface area contributed by atoms with Crippen LogP contribution >= 0.6 is 34.5 Å². The molecule has 2 aromatic rings. The van der Waals surface area contributed by atoms with Gasteiger partial charge in [-0.1, -0.05) is 23.2 Å². The summed E-state index contributed by atoms with van der Waals surface area (Å²) in [5, 5.41) is 3.62. The summed E-state index contributed by atoms with van der Waals surface area (Å²) in [7, 11) is 0. The molecule has 6 heteroatoms. The predicted octanol–water partition coefficient (Wildman–Crippen LogP) is 4.23. The Labute approximate surface area is 136 Å². The molecule has 0 aliphatic rings. The molecule has 0 saturated carbocycles. The number of carbonyl (C=O) groups is 2. The first-order valence-corrected chi connectivity index (χ1v) is 7.87. The fourth-order valence-corrected chi connectivity index (χ4v) is 3.17. The monoisotopic (exact) mass is 341 g/mol. The SMILES string of the molecule is CC(=O)c1ccc(CCNC(=O)c2ccc(Cl)cc2Cl)s1. The normalized spacial score (nSPS) is 10.4. The summed E-state index contributed by atoms with van der Waals surface area (Å²) in [4.78, 5) is 25.0. The highest BCUT2D eigenvalue weighted by molar-refractivity contribution is 7.14. The van der Waals surface area contributed by atoms with Crippen molar-refractivity contribution >= 4 is 46.2 Å². The van der Waals surface area contributed by atoms with Crippen LogP contribution in [0.25, 0.3) is 0 Å². The zero-order chi connectivity index (χ0) is 15.4. The van der Waals surface area contributed by atoms with E-state index in [9.17, 15) is 9.59 Å². The minimum atomic E-state index is -0.236. The molecule has 2 rings (SSSR count). The molecule has 1 amide bonds. The summed E-state index contributed by atoms with van der Waals surface area (Å²) >= 11 is 13.2. The summed E-state index contributed by atoms with van der Waals surface area (Å²) in [6.07, 6.45) is 0.675. The highest BCUT2D eigenvalue weighted by Gasteiger charge is 2.10. The number of halogens is 2. The van der Waals surface area contributed by atoms with E-state index in [1.807, 2.05) is 6.07 Å². The molecule has 0 atom stereocenters. The summed E-state index contributed by atoms with van der Waals surface area (Å²) < 4.78 is 0. The summed E-state index contributed by atoms with van der Waals surface area (Å²) in [6, 6.07) is 8.47. The third-order valence-corrected chi connectivity index (χ3v) is 4.64. The van der Waals surface area contributed by atoms with Crippen LogP contribution in [0.1, 0.15) is 31.8 Å². The average molecular weight is 342 g/mol. The largest absolute Gasteiger partial charge is 0.352 e. The smallest absolute Gasteiger partial charge is 0.252 e. The number of ketones is 1. The first-order valence-electron chi connectivity index (χ1n) is 6.30. The topological polar surface area (TPSA) is 46.2 Å². The Morgan fingerprint density at radius 3 is 2.57 bits per heavy atom. The Bertz CT molecular complexity index is 682. The fraction of sp³-hybridized carbons (Fsp3) is 0.200. The molecule has 1 aromatic heterocycles. The molecule has 0 spiro atoms. The molecule has 0 unspecified atom stereocenters. The quantitative estimate of drug-likeness (QED) is 0.827. The number of rotatable bonds is 5. The molecule has 1 N–H and O–H groups in total. The summed E-state index contributed by atoms with van der Waals surface area (Å²) in [5.41, 5.74) is 0.400. The zero-order valence-corrected chi connectivity index (χ0v) is 13.6. The predicted molar refractivity (Wildman–Crippen MR) is 86.8 cm³/mol. The van der Waals surface area contributed by atoms with Gasteiger partial charge in [0.25, 0.3) is 5.91 Å². The van der Waals surface area contributed by atoms with Gasteiger partial charge in [0.1, 0.15) is 0 Å². The van der Waals surface area contributed by atoms with Crippen LogP contribution in [-0.2, 0) is 6.42 Å². The van der Waals surface area contributed by atoms with E-state index in [1.165, 1.54) is 17.4 Å². The fourth-order valence-electron chi connectivity index (χ4n) is 1.77. The van der Waals surface area contributed by atoms with Gasteiger partial charge in [-0.2, -0.15) is 0 Å². The second kappa shape index (κ2) is 7.07. The highest BCUT2D eigenvalue weighted by Crippen LogP contribution is 2.21. The van der Waals surface area contributed by atoms with Gasteiger partial charge in [0.05, 0.1) is 15.5 Å². The summed E-state index contributed by atoms with van der Waals surface area (Å²) in [6.45, 7) is 2.02. The molecule has 0 radical (unpaired) electrons.